The molecule has 0 spiro atoms. The van der Waals surface area contributed by atoms with Crippen LogP contribution >= 0.6 is 0 Å². The van der Waals surface area contributed by atoms with Gasteiger partial charge < -0.3 is 5.73 Å². The van der Waals surface area contributed by atoms with Gasteiger partial charge in [0, 0.05) is 25.1 Å². The van der Waals surface area contributed by atoms with E-state index in [9.17, 15) is 13.2 Å². The first-order chi connectivity index (χ1) is 8.78. The van der Waals surface area contributed by atoms with Crippen molar-refractivity contribution < 1.29 is 13.2 Å². The summed E-state index contributed by atoms with van der Waals surface area (Å²) >= 11 is 0. The van der Waals surface area contributed by atoms with E-state index in [1.54, 1.807) is 12.3 Å². The normalized spacial score (nSPS) is 20.0. The molecule has 1 aliphatic heterocycles. The number of nitrogen functional groups attached to an aromatic ring is 1. The third-order valence-corrected chi connectivity index (χ3v) is 4.05. The zero-order chi connectivity index (χ0) is 14.2. The minimum atomic E-state index is -3.59. The molecule has 1 saturated heterocycles. The second kappa shape index (κ2) is 4.78. The summed E-state index contributed by atoms with van der Waals surface area (Å²) in [5.41, 5.74) is 7.16. The summed E-state index contributed by atoms with van der Waals surface area (Å²) in [6.45, 7) is 2.10. The van der Waals surface area contributed by atoms with E-state index in [4.69, 9.17) is 10.9 Å². The molecule has 2 rings (SSSR count). The molecular formula is C11H16N4O3S. The molecule has 1 atom stereocenters. The Morgan fingerprint density at radius 3 is 2.84 bits per heavy atom. The summed E-state index contributed by atoms with van der Waals surface area (Å²) in [4.78, 5) is 17.5. The van der Waals surface area contributed by atoms with Crippen LogP contribution in [0.25, 0.3) is 0 Å². The highest BCUT2D eigenvalue weighted by Crippen LogP contribution is 2.29. The molecule has 0 aliphatic carbocycles. The van der Waals surface area contributed by atoms with Crippen LogP contribution in [0.5, 0.6) is 0 Å². The number of carbonyl (C=O) groups is 1. The molecule has 0 aromatic carbocycles. The van der Waals surface area contributed by atoms with E-state index >= 15 is 0 Å². The predicted octanol–water partition coefficient (Wildman–Crippen LogP) is -0.386. The zero-order valence-electron chi connectivity index (χ0n) is 10.5. The summed E-state index contributed by atoms with van der Waals surface area (Å²) in [6.07, 6.45) is 1.72. The molecule has 0 saturated carbocycles. The molecule has 4 N–H and O–H groups in total. The Morgan fingerprint density at radius 2 is 2.21 bits per heavy atom. The lowest BCUT2D eigenvalue weighted by molar-refractivity contribution is -0.117. The van der Waals surface area contributed by atoms with Crippen LogP contribution in [0.1, 0.15) is 12.0 Å². The molecule has 19 heavy (non-hydrogen) atoms. The smallest absolute Gasteiger partial charge is 0.228 e. The molecule has 8 heteroatoms. The van der Waals surface area contributed by atoms with Crippen LogP contribution in [0, 0.1) is 12.8 Å². The Bertz CT molecular complexity index is 614. The average molecular weight is 284 g/mol. The molecule has 7 nitrogen and oxygen atoms in total. The van der Waals surface area contributed by atoms with E-state index in [0.29, 0.717) is 11.5 Å². The minimum absolute atomic E-state index is 0.144. The van der Waals surface area contributed by atoms with Crippen molar-refractivity contribution in [3.8, 4) is 0 Å². The maximum atomic E-state index is 11.9. The third-order valence-electron chi connectivity index (χ3n) is 3.12. The first-order valence-electron chi connectivity index (χ1n) is 5.80. The Hall–Kier alpha value is -1.67. The summed E-state index contributed by atoms with van der Waals surface area (Å²) in [6, 6.07) is 1.75. The third kappa shape index (κ3) is 3.02. The van der Waals surface area contributed by atoms with Gasteiger partial charge in [-0.1, -0.05) is 0 Å². The first kappa shape index (κ1) is 13.8. The molecule has 1 fully saturated rings. The number of amides is 1. The SMILES string of the molecule is Cc1ccnc(N2CC(CS(N)(=O)=O)CC2=O)c1N. The van der Waals surface area contributed by atoms with Crippen molar-refractivity contribution >= 4 is 27.4 Å². The van der Waals surface area contributed by atoms with Crippen LogP contribution in [0.3, 0.4) is 0 Å². The van der Waals surface area contributed by atoms with Crippen molar-refractivity contribution in [1.82, 2.24) is 4.98 Å². The van der Waals surface area contributed by atoms with E-state index in [1.165, 1.54) is 4.90 Å². The monoisotopic (exact) mass is 284 g/mol. The van der Waals surface area contributed by atoms with E-state index in [0.717, 1.165) is 5.56 Å². The van der Waals surface area contributed by atoms with E-state index in [1.807, 2.05) is 6.92 Å². The highest BCUT2D eigenvalue weighted by molar-refractivity contribution is 7.89. The number of pyridine rings is 1. The van der Waals surface area contributed by atoms with Crippen molar-refractivity contribution in [3.63, 3.8) is 0 Å². The summed E-state index contributed by atoms with van der Waals surface area (Å²) in [5, 5.41) is 5.00. The number of carbonyl (C=O) groups excluding carboxylic acids is 1. The Morgan fingerprint density at radius 1 is 1.53 bits per heavy atom. The molecular weight excluding hydrogens is 268 g/mol. The van der Waals surface area contributed by atoms with Gasteiger partial charge in [-0.05, 0) is 18.6 Å². The van der Waals surface area contributed by atoms with Crippen LogP contribution in [0.15, 0.2) is 12.3 Å². The number of nitrogens with zero attached hydrogens (tertiary/aromatic N) is 2. The Balaban J connectivity index is 2.23. The fourth-order valence-electron chi connectivity index (χ4n) is 2.20. The lowest BCUT2D eigenvalue weighted by atomic mass is 10.1. The standard InChI is InChI=1S/C11H16N4O3S/c1-7-2-3-14-11(10(7)12)15-5-8(4-9(15)16)6-19(13,17)18/h2-3,8H,4-6,12H2,1H3,(H2,13,17,18). The van der Waals surface area contributed by atoms with Crippen molar-refractivity contribution in [1.29, 1.82) is 0 Å². The molecule has 0 bridgehead atoms. The van der Waals surface area contributed by atoms with Crippen molar-refractivity contribution in [3.05, 3.63) is 17.8 Å². The second-order valence-corrected chi connectivity index (χ2v) is 6.43. The van der Waals surface area contributed by atoms with Crippen LogP contribution in [-0.2, 0) is 14.8 Å². The Labute approximate surface area is 111 Å². The van der Waals surface area contributed by atoms with Gasteiger partial charge in [-0.3, -0.25) is 9.69 Å². The summed E-state index contributed by atoms with van der Waals surface area (Å²) in [7, 11) is -3.59. The highest BCUT2D eigenvalue weighted by Gasteiger charge is 2.34. The molecule has 1 aromatic heterocycles. The number of sulfonamides is 1. The number of rotatable bonds is 3. The molecule has 104 valence electrons. The zero-order valence-corrected chi connectivity index (χ0v) is 11.4. The van der Waals surface area contributed by atoms with Gasteiger partial charge >= 0.3 is 0 Å². The summed E-state index contributed by atoms with van der Waals surface area (Å²) in [5.74, 6) is -0.314. The van der Waals surface area contributed by atoms with Crippen molar-refractivity contribution in [2.45, 2.75) is 13.3 Å². The predicted molar refractivity (Wildman–Crippen MR) is 71.8 cm³/mol. The maximum Gasteiger partial charge on any atom is 0.228 e. The average Bonchev–Trinajstić information content (AvgIpc) is 2.61. The molecule has 2 heterocycles. The molecule has 0 radical (unpaired) electrons. The molecule has 1 aromatic rings. The fraction of sp³-hybridized carbons (Fsp3) is 0.455. The van der Waals surface area contributed by atoms with Crippen LogP contribution in [0.2, 0.25) is 0 Å². The first-order valence-corrected chi connectivity index (χ1v) is 7.51. The van der Waals surface area contributed by atoms with E-state index < -0.39 is 10.0 Å². The fourth-order valence-corrected chi connectivity index (χ4v) is 3.08. The maximum absolute atomic E-state index is 11.9. The van der Waals surface area contributed by atoms with Gasteiger partial charge in [0.25, 0.3) is 0 Å². The Kier molecular flexibility index (Phi) is 3.46. The quantitative estimate of drug-likeness (QED) is 0.783. The van der Waals surface area contributed by atoms with Crippen LogP contribution < -0.4 is 15.8 Å². The van der Waals surface area contributed by atoms with Gasteiger partial charge in [-0.2, -0.15) is 0 Å². The minimum Gasteiger partial charge on any atom is -0.396 e. The second-order valence-electron chi connectivity index (χ2n) is 4.77. The molecule has 1 unspecified atom stereocenters. The topological polar surface area (TPSA) is 119 Å². The lowest BCUT2D eigenvalue weighted by Gasteiger charge is -2.18. The van der Waals surface area contributed by atoms with Crippen molar-refractivity contribution in [2.75, 3.05) is 22.9 Å². The van der Waals surface area contributed by atoms with Crippen LogP contribution in [0.4, 0.5) is 11.5 Å². The van der Waals surface area contributed by atoms with Gasteiger partial charge in [0.05, 0.1) is 11.4 Å². The number of hydrogen-bond acceptors (Lipinski definition) is 5. The largest absolute Gasteiger partial charge is 0.396 e. The van der Waals surface area contributed by atoms with E-state index in [-0.39, 0.29) is 30.5 Å². The van der Waals surface area contributed by atoms with Gasteiger partial charge in [0.15, 0.2) is 5.82 Å². The molecule has 1 aliphatic rings. The summed E-state index contributed by atoms with van der Waals surface area (Å²) < 4.78 is 22.1. The molecule has 1 amide bonds. The number of hydrogen-bond donors (Lipinski definition) is 2. The van der Waals surface area contributed by atoms with Gasteiger partial charge in [-0.15, -0.1) is 0 Å². The van der Waals surface area contributed by atoms with E-state index in [2.05, 4.69) is 4.98 Å². The van der Waals surface area contributed by atoms with Crippen molar-refractivity contribution in [2.24, 2.45) is 11.1 Å². The number of nitrogens with two attached hydrogens (primary N) is 2. The highest BCUT2D eigenvalue weighted by atomic mass is 32.2. The number of aryl methyl sites for hydroxylation is 1. The number of aromatic nitrogens is 1. The van der Waals surface area contributed by atoms with Crippen LogP contribution in [-0.4, -0.2) is 31.6 Å². The number of anilines is 2. The lowest BCUT2D eigenvalue weighted by Crippen LogP contribution is -2.28. The van der Waals surface area contributed by atoms with Gasteiger partial charge in [0.2, 0.25) is 15.9 Å². The van der Waals surface area contributed by atoms with Gasteiger partial charge in [0.1, 0.15) is 0 Å². The number of primary sulfonamides is 1. The van der Waals surface area contributed by atoms with Gasteiger partial charge in [-0.25, -0.2) is 18.5 Å².